The molecule has 1 amide bonds. The van der Waals surface area contributed by atoms with E-state index < -0.39 is 0 Å². The standard InChI is InChI=1S/C26H33NO5/c1-29-22-10-7-19(8-11-22)5-6-20-13-15-27(16-14-20)25(28)12-9-21-17-23(30-2)26(32-4)24(18-21)31-3/h7-12,17-18,20H,5-6,13-16H2,1-4H3/b12-9+. The molecule has 6 nitrogen and oxygen atoms in total. The zero-order chi connectivity index (χ0) is 22.9. The van der Waals surface area contributed by atoms with Crippen molar-refractivity contribution in [2.45, 2.75) is 25.7 Å². The average molecular weight is 440 g/mol. The van der Waals surface area contributed by atoms with Gasteiger partial charge in [0.15, 0.2) is 11.5 Å². The van der Waals surface area contributed by atoms with Gasteiger partial charge in [0, 0.05) is 19.2 Å². The first-order chi connectivity index (χ1) is 15.6. The van der Waals surface area contributed by atoms with Crippen LogP contribution < -0.4 is 18.9 Å². The fourth-order valence-corrected chi connectivity index (χ4v) is 4.08. The maximum Gasteiger partial charge on any atom is 0.246 e. The summed E-state index contributed by atoms with van der Waals surface area (Å²) in [7, 11) is 6.41. The molecule has 0 unspecified atom stereocenters. The lowest BCUT2D eigenvalue weighted by atomic mass is 9.90. The molecule has 32 heavy (non-hydrogen) atoms. The number of aryl methyl sites for hydroxylation is 1. The summed E-state index contributed by atoms with van der Waals surface area (Å²) in [5, 5.41) is 0. The number of carbonyl (C=O) groups excluding carboxylic acids is 1. The smallest absolute Gasteiger partial charge is 0.246 e. The molecule has 0 saturated carbocycles. The normalized spacial score (nSPS) is 14.4. The van der Waals surface area contributed by atoms with Crippen molar-refractivity contribution in [3.8, 4) is 23.0 Å². The SMILES string of the molecule is COc1ccc(CCC2CCN(C(=O)/C=C/c3cc(OC)c(OC)c(OC)c3)CC2)cc1. The molecular weight excluding hydrogens is 406 g/mol. The monoisotopic (exact) mass is 439 g/mol. The number of amides is 1. The molecule has 0 atom stereocenters. The van der Waals surface area contributed by atoms with Crippen molar-refractivity contribution < 1.29 is 23.7 Å². The van der Waals surface area contributed by atoms with Gasteiger partial charge in [-0.1, -0.05) is 12.1 Å². The Morgan fingerprint density at radius 3 is 2.09 bits per heavy atom. The van der Waals surface area contributed by atoms with E-state index in [0.717, 1.165) is 50.1 Å². The van der Waals surface area contributed by atoms with Gasteiger partial charge in [-0.15, -0.1) is 0 Å². The number of ether oxygens (including phenoxy) is 4. The number of rotatable bonds is 9. The molecule has 0 radical (unpaired) electrons. The Balaban J connectivity index is 1.51. The van der Waals surface area contributed by atoms with E-state index in [0.29, 0.717) is 23.2 Å². The van der Waals surface area contributed by atoms with E-state index in [9.17, 15) is 4.79 Å². The second-order valence-electron chi connectivity index (χ2n) is 7.95. The summed E-state index contributed by atoms with van der Waals surface area (Å²) in [5.41, 5.74) is 2.15. The third-order valence-electron chi connectivity index (χ3n) is 6.03. The Bertz CT molecular complexity index is 889. The van der Waals surface area contributed by atoms with Crippen LogP contribution in [0.25, 0.3) is 6.08 Å². The van der Waals surface area contributed by atoms with Crippen LogP contribution >= 0.6 is 0 Å². The highest BCUT2D eigenvalue weighted by molar-refractivity contribution is 5.92. The van der Waals surface area contributed by atoms with E-state index in [1.165, 1.54) is 5.56 Å². The van der Waals surface area contributed by atoms with Crippen molar-refractivity contribution in [3.05, 3.63) is 53.6 Å². The van der Waals surface area contributed by atoms with E-state index >= 15 is 0 Å². The van der Waals surface area contributed by atoms with Gasteiger partial charge in [0.1, 0.15) is 5.75 Å². The number of hydrogen-bond acceptors (Lipinski definition) is 5. The van der Waals surface area contributed by atoms with Crippen LogP contribution in [0.4, 0.5) is 0 Å². The number of likely N-dealkylation sites (tertiary alicyclic amines) is 1. The molecule has 1 saturated heterocycles. The lowest BCUT2D eigenvalue weighted by molar-refractivity contribution is -0.127. The molecule has 1 aliphatic rings. The summed E-state index contributed by atoms with van der Waals surface area (Å²) in [5.74, 6) is 3.25. The van der Waals surface area contributed by atoms with Crippen LogP contribution in [0, 0.1) is 5.92 Å². The van der Waals surface area contributed by atoms with E-state index in [1.54, 1.807) is 40.6 Å². The maximum atomic E-state index is 12.7. The van der Waals surface area contributed by atoms with Crippen LogP contribution in [0.15, 0.2) is 42.5 Å². The molecule has 0 aliphatic carbocycles. The highest BCUT2D eigenvalue weighted by Crippen LogP contribution is 2.38. The molecule has 1 fully saturated rings. The lowest BCUT2D eigenvalue weighted by Crippen LogP contribution is -2.37. The molecule has 0 spiro atoms. The number of methoxy groups -OCH3 is 4. The molecule has 1 aliphatic heterocycles. The highest BCUT2D eigenvalue weighted by atomic mass is 16.5. The average Bonchev–Trinajstić information content (AvgIpc) is 2.85. The minimum Gasteiger partial charge on any atom is -0.497 e. The summed E-state index contributed by atoms with van der Waals surface area (Å²) in [6.07, 6.45) is 7.71. The fraction of sp³-hybridized carbons (Fsp3) is 0.423. The lowest BCUT2D eigenvalue weighted by Gasteiger charge is -2.31. The molecule has 2 aromatic rings. The minimum absolute atomic E-state index is 0.0346. The molecule has 6 heteroatoms. The van der Waals surface area contributed by atoms with E-state index in [2.05, 4.69) is 12.1 Å². The predicted molar refractivity (Wildman–Crippen MR) is 126 cm³/mol. The first-order valence-corrected chi connectivity index (χ1v) is 11.0. The molecule has 3 rings (SSSR count). The van der Waals surface area contributed by atoms with Crippen molar-refractivity contribution in [1.82, 2.24) is 4.90 Å². The van der Waals surface area contributed by atoms with Crippen molar-refractivity contribution in [2.24, 2.45) is 5.92 Å². The van der Waals surface area contributed by atoms with Crippen LogP contribution in [0.3, 0.4) is 0 Å². The topological polar surface area (TPSA) is 57.2 Å². The maximum absolute atomic E-state index is 12.7. The Morgan fingerprint density at radius 2 is 1.56 bits per heavy atom. The molecule has 0 aromatic heterocycles. The molecule has 0 N–H and O–H groups in total. The fourth-order valence-electron chi connectivity index (χ4n) is 4.08. The predicted octanol–water partition coefficient (Wildman–Crippen LogP) is 4.61. The van der Waals surface area contributed by atoms with Crippen molar-refractivity contribution in [2.75, 3.05) is 41.5 Å². The first kappa shape index (κ1) is 23.5. The number of piperidine rings is 1. The summed E-state index contributed by atoms with van der Waals surface area (Å²) in [6.45, 7) is 1.59. The van der Waals surface area contributed by atoms with Crippen molar-refractivity contribution in [1.29, 1.82) is 0 Å². The van der Waals surface area contributed by atoms with Crippen LogP contribution in [0.5, 0.6) is 23.0 Å². The Labute approximate surface area is 190 Å². The Morgan fingerprint density at radius 1 is 0.938 bits per heavy atom. The molecule has 1 heterocycles. The van der Waals surface area contributed by atoms with E-state index in [1.807, 2.05) is 29.2 Å². The molecule has 172 valence electrons. The largest absolute Gasteiger partial charge is 0.497 e. The van der Waals surface area contributed by atoms with Gasteiger partial charge < -0.3 is 23.8 Å². The van der Waals surface area contributed by atoms with Crippen LogP contribution in [0.1, 0.15) is 30.4 Å². The zero-order valence-electron chi connectivity index (χ0n) is 19.4. The van der Waals surface area contributed by atoms with Crippen LogP contribution in [-0.4, -0.2) is 52.3 Å². The van der Waals surface area contributed by atoms with Gasteiger partial charge >= 0.3 is 0 Å². The minimum atomic E-state index is 0.0346. The van der Waals surface area contributed by atoms with Crippen molar-refractivity contribution in [3.63, 3.8) is 0 Å². The number of carbonyl (C=O) groups is 1. The Hall–Kier alpha value is -3.15. The van der Waals surface area contributed by atoms with E-state index in [-0.39, 0.29) is 5.91 Å². The summed E-state index contributed by atoms with van der Waals surface area (Å²) in [4.78, 5) is 14.6. The second kappa shape index (κ2) is 11.5. The third-order valence-corrected chi connectivity index (χ3v) is 6.03. The number of hydrogen-bond donors (Lipinski definition) is 0. The second-order valence-corrected chi connectivity index (χ2v) is 7.95. The van der Waals surface area contributed by atoms with Gasteiger partial charge in [-0.05, 0) is 73.1 Å². The van der Waals surface area contributed by atoms with Crippen LogP contribution in [0.2, 0.25) is 0 Å². The van der Waals surface area contributed by atoms with Gasteiger partial charge in [0.2, 0.25) is 11.7 Å². The molecule has 0 bridgehead atoms. The van der Waals surface area contributed by atoms with E-state index in [4.69, 9.17) is 18.9 Å². The van der Waals surface area contributed by atoms with Crippen molar-refractivity contribution >= 4 is 12.0 Å². The highest BCUT2D eigenvalue weighted by Gasteiger charge is 2.21. The van der Waals surface area contributed by atoms with Gasteiger partial charge in [-0.2, -0.15) is 0 Å². The summed E-state index contributed by atoms with van der Waals surface area (Å²) in [6, 6.07) is 11.9. The van der Waals surface area contributed by atoms with Gasteiger partial charge in [-0.3, -0.25) is 4.79 Å². The molecular formula is C26H33NO5. The van der Waals surface area contributed by atoms with Crippen LogP contribution in [-0.2, 0) is 11.2 Å². The summed E-state index contributed by atoms with van der Waals surface area (Å²) >= 11 is 0. The number of benzene rings is 2. The number of nitrogens with zero attached hydrogens (tertiary/aromatic N) is 1. The quantitative estimate of drug-likeness (QED) is 0.534. The third kappa shape index (κ3) is 5.96. The zero-order valence-corrected chi connectivity index (χ0v) is 19.4. The first-order valence-electron chi connectivity index (χ1n) is 11.0. The van der Waals surface area contributed by atoms with Gasteiger partial charge in [-0.25, -0.2) is 0 Å². The van der Waals surface area contributed by atoms with Gasteiger partial charge in [0.05, 0.1) is 28.4 Å². The summed E-state index contributed by atoms with van der Waals surface area (Å²) < 4.78 is 21.3. The Kier molecular flexibility index (Phi) is 8.42. The molecule has 2 aromatic carbocycles. The van der Waals surface area contributed by atoms with Gasteiger partial charge in [0.25, 0.3) is 0 Å².